The van der Waals surface area contributed by atoms with E-state index in [1.165, 1.54) is 17.8 Å². The molecule has 0 unspecified atom stereocenters. The van der Waals surface area contributed by atoms with Gasteiger partial charge in [-0.1, -0.05) is 0 Å². The summed E-state index contributed by atoms with van der Waals surface area (Å²) in [5.41, 5.74) is 0. The Bertz CT molecular complexity index is 58.6. The molecule has 0 aliphatic rings. The van der Waals surface area contributed by atoms with E-state index in [0.717, 1.165) is 0 Å². The van der Waals surface area contributed by atoms with Crippen LogP contribution in [0.3, 0.4) is 0 Å². The molecule has 0 bridgehead atoms. The Morgan fingerprint density at radius 3 is 1.12 bits per heavy atom. The SMILES string of the molecule is O=P(O)(O)O.[LiH].[OH][V]. The molecule has 0 aliphatic carbocycles. The average molecular weight is 174 g/mol. The molecule has 0 aromatic carbocycles. The number of hydrogen-bond acceptors (Lipinski definition) is 2. The van der Waals surface area contributed by atoms with E-state index in [0.29, 0.717) is 0 Å². The first-order valence-electron chi connectivity index (χ1n) is 0.983. The molecule has 0 aromatic rings. The van der Waals surface area contributed by atoms with Gasteiger partial charge in [0.15, 0.2) is 0 Å². The van der Waals surface area contributed by atoms with Crippen LogP contribution in [0.15, 0.2) is 0 Å². The second kappa shape index (κ2) is 8.25. The van der Waals surface area contributed by atoms with E-state index in [1.54, 1.807) is 0 Å². The molecule has 8 heavy (non-hydrogen) atoms. The third kappa shape index (κ3) is 181. The van der Waals surface area contributed by atoms with E-state index in [2.05, 4.69) is 0 Å². The fraction of sp³-hybridized carbons (Fsp3) is 0. The zero-order valence-electron chi connectivity index (χ0n) is 3.09. The monoisotopic (exact) mass is 174 g/mol. The summed E-state index contributed by atoms with van der Waals surface area (Å²) in [6.07, 6.45) is 0. The molecule has 5 nitrogen and oxygen atoms in total. The standard InChI is InChI=1S/Li.H3O4P.H2O.V.H/c;1-5(2,3)4;;;/h;(H3,1,2,3,4);1H2;;/q;;;+1;/p-1. The molecule has 0 amide bonds. The second-order valence-corrected chi connectivity index (χ2v) is 1.54. The Kier molecular flexibility index (Phi) is 16.6. The molecule has 0 spiro atoms. The van der Waals surface area contributed by atoms with Crippen LogP contribution in [0.1, 0.15) is 0 Å². The summed E-state index contributed by atoms with van der Waals surface area (Å²) in [7, 11) is -4.64. The van der Waals surface area contributed by atoms with Crippen LogP contribution in [0.25, 0.3) is 0 Å². The van der Waals surface area contributed by atoms with Crippen molar-refractivity contribution >= 4 is 26.7 Å². The van der Waals surface area contributed by atoms with E-state index in [4.69, 9.17) is 23.3 Å². The molecule has 0 atom stereocenters. The first-order valence-corrected chi connectivity index (χ1v) is 3.17. The van der Waals surface area contributed by atoms with Gasteiger partial charge >= 0.3 is 48.5 Å². The number of rotatable bonds is 0. The van der Waals surface area contributed by atoms with Gasteiger partial charge in [-0.3, -0.25) is 0 Å². The average Bonchev–Trinajstić information content (AvgIpc) is 1.36. The van der Waals surface area contributed by atoms with Crippen molar-refractivity contribution in [1.82, 2.24) is 0 Å². The molecule has 0 radical (unpaired) electrons. The third-order valence-corrected chi connectivity index (χ3v) is 0. The van der Waals surface area contributed by atoms with E-state index in [-0.39, 0.29) is 18.9 Å². The van der Waals surface area contributed by atoms with Crippen molar-refractivity contribution in [3.8, 4) is 0 Å². The summed E-state index contributed by atoms with van der Waals surface area (Å²) in [6, 6.07) is 0. The van der Waals surface area contributed by atoms with Gasteiger partial charge in [-0.15, -0.1) is 0 Å². The third-order valence-electron chi connectivity index (χ3n) is 0. The molecule has 0 rings (SSSR count). The van der Waals surface area contributed by atoms with Crippen molar-refractivity contribution in [2.75, 3.05) is 0 Å². The van der Waals surface area contributed by atoms with Gasteiger partial charge in [-0.25, -0.2) is 4.57 Å². The quantitative estimate of drug-likeness (QED) is 0.248. The van der Waals surface area contributed by atoms with Crippen LogP contribution in [0.2, 0.25) is 0 Å². The van der Waals surface area contributed by atoms with Crippen molar-refractivity contribution in [2.45, 2.75) is 0 Å². The maximum absolute atomic E-state index is 8.88. The van der Waals surface area contributed by atoms with E-state index < -0.39 is 7.82 Å². The van der Waals surface area contributed by atoms with Crippen molar-refractivity contribution in [1.29, 1.82) is 0 Å². The van der Waals surface area contributed by atoms with Crippen molar-refractivity contribution in [3.05, 3.63) is 0 Å². The van der Waals surface area contributed by atoms with E-state index in [1.807, 2.05) is 0 Å². The summed E-state index contributed by atoms with van der Waals surface area (Å²) in [6.45, 7) is 0. The minimum absolute atomic E-state index is 0. The minimum atomic E-state index is -4.64. The molecule has 0 aromatic heterocycles. The van der Waals surface area contributed by atoms with Gasteiger partial charge < -0.3 is 14.7 Å². The van der Waals surface area contributed by atoms with Crippen molar-refractivity contribution in [2.24, 2.45) is 0 Å². The topological polar surface area (TPSA) is 98.0 Å². The van der Waals surface area contributed by atoms with Gasteiger partial charge in [0.1, 0.15) is 0 Å². The molecule has 0 saturated carbocycles. The first-order chi connectivity index (χ1) is 3.00. The van der Waals surface area contributed by atoms with Gasteiger partial charge in [0.05, 0.1) is 0 Å². The van der Waals surface area contributed by atoms with Crippen LogP contribution < -0.4 is 0 Å². The predicted molar refractivity (Wildman–Crippen MR) is 23.6 cm³/mol. The fourth-order valence-electron chi connectivity index (χ4n) is 0. The molecule has 46 valence electrons. The summed E-state index contributed by atoms with van der Waals surface area (Å²) in [5, 5.41) is 0. The molecule has 4 N–H and O–H groups in total. The Morgan fingerprint density at radius 2 is 1.12 bits per heavy atom. The number of phosphoric acid groups is 1. The first kappa shape index (κ1) is 16.1. The fourth-order valence-corrected chi connectivity index (χ4v) is 0. The van der Waals surface area contributed by atoms with Gasteiger partial charge in [0.25, 0.3) is 0 Å². The van der Waals surface area contributed by atoms with Crippen LogP contribution >= 0.6 is 7.82 Å². The van der Waals surface area contributed by atoms with Crippen LogP contribution in [0.4, 0.5) is 0 Å². The molecular weight excluding hydrogens is 169 g/mol. The molecule has 8 heteroatoms. The molecule has 0 heterocycles. The normalized spacial score (nSPS) is 8.00. The molecular formula is H5LiO5PV. The Hall–Kier alpha value is 1.25. The summed E-state index contributed by atoms with van der Waals surface area (Å²) in [4.78, 5) is 21.6. The van der Waals surface area contributed by atoms with Gasteiger partial charge in [-0.2, -0.15) is 0 Å². The predicted octanol–water partition coefficient (Wildman–Crippen LogP) is -2.14. The summed E-state index contributed by atoms with van der Waals surface area (Å²) >= 11 is 1.31. The summed E-state index contributed by atoms with van der Waals surface area (Å²) < 4.78 is 15.8. The summed E-state index contributed by atoms with van der Waals surface area (Å²) in [5.74, 6) is 0. The van der Waals surface area contributed by atoms with Gasteiger partial charge in [0, 0.05) is 0 Å². The Labute approximate surface area is 67.9 Å². The Balaban J connectivity index is -0.0000000750. The van der Waals surface area contributed by atoms with Crippen molar-refractivity contribution < 1.29 is 41.1 Å². The zero-order chi connectivity index (χ0) is 6.50. The zero-order valence-corrected chi connectivity index (χ0v) is 5.38. The van der Waals surface area contributed by atoms with Crippen LogP contribution in [0, 0.1) is 0 Å². The van der Waals surface area contributed by atoms with Gasteiger partial charge in [-0.05, 0) is 0 Å². The van der Waals surface area contributed by atoms with Gasteiger partial charge in [0.2, 0.25) is 0 Å². The molecule has 0 aliphatic heterocycles. The van der Waals surface area contributed by atoms with Crippen LogP contribution in [-0.2, 0) is 22.3 Å². The molecule has 0 saturated heterocycles. The van der Waals surface area contributed by atoms with Crippen molar-refractivity contribution in [3.63, 3.8) is 0 Å². The Morgan fingerprint density at radius 1 is 1.12 bits per heavy atom. The second-order valence-electron chi connectivity index (χ2n) is 0.513. The van der Waals surface area contributed by atoms with Crippen LogP contribution in [0.5, 0.6) is 0 Å². The van der Waals surface area contributed by atoms with E-state index >= 15 is 0 Å². The maximum atomic E-state index is 8.88. The van der Waals surface area contributed by atoms with Crippen LogP contribution in [-0.4, -0.2) is 37.6 Å². The number of hydrogen-bond donors (Lipinski definition) is 4. The van der Waals surface area contributed by atoms with E-state index in [9.17, 15) is 0 Å². The molecule has 0 fully saturated rings.